The van der Waals surface area contributed by atoms with Crippen LogP contribution in [0.3, 0.4) is 0 Å². The predicted octanol–water partition coefficient (Wildman–Crippen LogP) is 3.80. The summed E-state index contributed by atoms with van der Waals surface area (Å²) >= 11 is 6.36. The molecule has 0 saturated carbocycles. The van der Waals surface area contributed by atoms with Crippen LogP contribution in [0.4, 0.5) is 11.4 Å². The maximum Gasteiger partial charge on any atom is 0.248 e. The molecule has 3 amide bonds. The van der Waals surface area contributed by atoms with E-state index in [1.807, 2.05) is 33.8 Å². The Balaban J connectivity index is 1.61. The zero-order valence-corrected chi connectivity index (χ0v) is 19.9. The summed E-state index contributed by atoms with van der Waals surface area (Å²) in [6, 6.07) is 6.32. The lowest BCUT2D eigenvalue weighted by Gasteiger charge is -2.19. The fourth-order valence-electron chi connectivity index (χ4n) is 3.89. The van der Waals surface area contributed by atoms with Gasteiger partial charge in [-0.25, -0.2) is 0 Å². The fourth-order valence-corrected chi connectivity index (χ4v) is 4.12. The Bertz CT molecular complexity index is 1030. The number of nitrogens with zero attached hydrogens (tertiary/aromatic N) is 3. The van der Waals surface area contributed by atoms with E-state index in [0.717, 1.165) is 11.4 Å². The lowest BCUT2D eigenvalue weighted by Crippen LogP contribution is -2.31. The van der Waals surface area contributed by atoms with Crippen molar-refractivity contribution in [2.75, 3.05) is 23.7 Å². The molecule has 2 atom stereocenters. The van der Waals surface area contributed by atoms with Gasteiger partial charge in [-0.1, -0.05) is 25.4 Å². The van der Waals surface area contributed by atoms with Crippen molar-refractivity contribution in [2.45, 2.75) is 47.1 Å². The SMILES string of the molecule is Cc1cc(C)n(C(C)C(=O)Nc2ccc(NC(=O)C3CC(=O)N(CC(C)C)C3)cc2Cl)n1. The first-order valence-electron chi connectivity index (χ1n) is 10.8. The summed E-state index contributed by atoms with van der Waals surface area (Å²) in [7, 11) is 0. The third-order valence-corrected chi connectivity index (χ3v) is 5.77. The molecular weight excluding hydrogens is 430 g/mol. The molecule has 0 radical (unpaired) electrons. The Morgan fingerprint density at radius 1 is 1.19 bits per heavy atom. The van der Waals surface area contributed by atoms with Gasteiger partial charge in [-0.3, -0.25) is 19.1 Å². The number of nitrogens with one attached hydrogen (secondary N) is 2. The van der Waals surface area contributed by atoms with Crippen LogP contribution in [0, 0.1) is 25.7 Å². The number of carbonyl (C=O) groups is 3. The first-order chi connectivity index (χ1) is 15.0. The van der Waals surface area contributed by atoms with E-state index in [-0.39, 0.29) is 30.1 Å². The highest BCUT2D eigenvalue weighted by Gasteiger charge is 2.34. The largest absolute Gasteiger partial charge is 0.342 e. The maximum absolute atomic E-state index is 12.7. The molecule has 1 aromatic carbocycles. The summed E-state index contributed by atoms with van der Waals surface area (Å²) in [6.45, 7) is 10.7. The van der Waals surface area contributed by atoms with E-state index in [1.54, 1.807) is 34.7 Å². The summed E-state index contributed by atoms with van der Waals surface area (Å²) in [5, 5.41) is 10.3. The molecule has 3 rings (SSSR count). The smallest absolute Gasteiger partial charge is 0.248 e. The number of likely N-dealkylation sites (tertiary alicyclic amines) is 1. The second kappa shape index (κ2) is 9.73. The van der Waals surface area contributed by atoms with Gasteiger partial charge in [0.15, 0.2) is 0 Å². The Kier molecular flexibility index (Phi) is 7.23. The summed E-state index contributed by atoms with van der Waals surface area (Å²) < 4.78 is 1.67. The summed E-state index contributed by atoms with van der Waals surface area (Å²) in [4.78, 5) is 39.2. The molecule has 0 aliphatic carbocycles. The van der Waals surface area contributed by atoms with Gasteiger partial charge in [0, 0.05) is 30.9 Å². The van der Waals surface area contributed by atoms with Crippen molar-refractivity contribution in [1.82, 2.24) is 14.7 Å². The number of hydrogen-bond donors (Lipinski definition) is 2. The zero-order chi connectivity index (χ0) is 23.6. The van der Waals surface area contributed by atoms with Gasteiger partial charge in [-0.05, 0) is 51.0 Å². The van der Waals surface area contributed by atoms with Gasteiger partial charge in [0.1, 0.15) is 6.04 Å². The van der Waals surface area contributed by atoms with Crippen LogP contribution in [-0.2, 0) is 14.4 Å². The van der Waals surface area contributed by atoms with E-state index >= 15 is 0 Å². The van der Waals surface area contributed by atoms with E-state index in [4.69, 9.17) is 11.6 Å². The molecule has 172 valence electrons. The number of hydrogen-bond acceptors (Lipinski definition) is 4. The normalized spacial score (nSPS) is 17.0. The summed E-state index contributed by atoms with van der Waals surface area (Å²) in [5.41, 5.74) is 2.70. The molecule has 2 unspecified atom stereocenters. The number of halogens is 1. The van der Waals surface area contributed by atoms with Crippen LogP contribution in [0.25, 0.3) is 0 Å². The first kappa shape index (κ1) is 23.8. The number of anilines is 2. The van der Waals surface area contributed by atoms with Crippen LogP contribution in [-0.4, -0.2) is 45.5 Å². The van der Waals surface area contributed by atoms with Crippen LogP contribution in [0.1, 0.15) is 44.6 Å². The molecule has 0 spiro atoms. The fraction of sp³-hybridized carbons (Fsp3) is 0.478. The number of rotatable bonds is 7. The summed E-state index contributed by atoms with van der Waals surface area (Å²) in [5.74, 6) is -0.487. The number of benzene rings is 1. The minimum absolute atomic E-state index is 0.00618. The molecule has 1 aromatic heterocycles. The van der Waals surface area contributed by atoms with E-state index in [0.29, 0.717) is 35.4 Å². The molecule has 1 aliphatic heterocycles. The highest BCUT2D eigenvalue weighted by atomic mass is 35.5. The quantitative estimate of drug-likeness (QED) is 0.658. The van der Waals surface area contributed by atoms with Gasteiger partial charge in [0.25, 0.3) is 0 Å². The van der Waals surface area contributed by atoms with E-state index < -0.39 is 6.04 Å². The second-order valence-corrected chi connectivity index (χ2v) is 9.22. The molecular formula is C23H30ClN5O3. The van der Waals surface area contributed by atoms with Crippen LogP contribution in [0.5, 0.6) is 0 Å². The van der Waals surface area contributed by atoms with Gasteiger partial charge in [0.2, 0.25) is 17.7 Å². The van der Waals surface area contributed by atoms with Gasteiger partial charge >= 0.3 is 0 Å². The van der Waals surface area contributed by atoms with Crippen molar-refractivity contribution in [3.05, 3.63) is 40.7 Å². The van der Waals surface area contributed by atoms with E-state index in [1.165, 1.54) is 0 Å². The minimum Gasteiger partial charge on any atom is -0.342 e. The maximum atomic E-state index is 12.7. The Hall–Kier alpha value is -2.87. The molecule has 2 N–H and O–H groups in total. The van der Waals surface area contributed by atoms with Crippen molar-refractivity contribution in [3.8, 4) is 0 Å². The average Bonchev–Trinajstić information content (AvgIpc) is 3.24. The van der Waals surface area contributed by atoms with Crippen molar-refractivity contribution in [1.29, 1.82) is 0 Å². The van der Waals surface area contributed by atoms with Crippen LogP contribution in [0.2, 0.25) is 5.02 Å². The molecule has 8 nitrogen and oxygen atoms in total. The van der Waals surface area contributed by atoms with Crippen molar-refractivity contribution in [3.63, 3.8) is 0 Å². The third-order valence-electron chi connectivity index (χ3n) is 5.46. The third kappa shape index (κ3) is 5.48. The van der Waals surface area contributed by atoms with Gasteiger partial charge in [-0.15, -0.1) is 0 Å². The molecule has 9 heteroatoms. The standard InChI is InChI=1S/C23H30ClN5O3/c1-13(2)11-28-12-17(9-21(28)30)23(32)25-18-6-7-20(19(24)10-18)26-22(31)16(5)29-15(4)8-14(3)27-29/h6-8,10,13,16-17H,9,11-12H2,1-5H3,(H,25,32)(H,26,31). The zero-order valence-electron chi connectivity index (χ0n) is 19.1. The molecule has 2 aromatic rings. The average molecular weight is 460 g/mol. The summed E-state index contributed by atoms with van der Waals surface area (Å²) in [6.07, 6.45) is 0.213. The van der Waals surface area contributed by atoms with Crippen LogP contribution < -0.4 is 10.6 Å². The van der Waals surface area contributed by atoms with E-state index in [9.17, 15) is 14.4 Å². The minimum atomic E-state index is -0.507. The van der Waals surface area contributed by atoms with Gasteiger partial charge in [-0.2, -0.15) is 5.10 Å². The van der Waals surface area contributed by atoms with Gasteiger partial charge < -0.3 is 15.5 Å². The second-order valence-electron chi connectivity index (χ2n) is 8.81. The topological polar surface area (TPSA) is 96.3 Å². The Labute approximate surface area is 193 Å². The highest BCUT2D eigenvalue weighted by molar-refractivity contribution is 6.34. The molecule has 32 heavy (non-hydrogen) atoms. The van der Waals surface area contributed by atoms with E-state index in [2.05, 4.69) is 15.7 Å². The predicted molar refractivity (Wildman–Crippen MR) is 125 cm³/mol. The first-order valence-corrected chi connectivity index (χ1v) is 11.1. The number of aromatic nitrogens is 2. The monoisotopic (exact) mass is 459 g/mol. The molecule has 1 saturated heterocycles. The number of amides is 3. The van der Waals surface area contributed by atoms with Crippen molar-refractivity contribution >= 4 is 40.7 Å². The lowest BCUT2D eigenvalue weighted by atomic mass is 10.1. The number of carbonyl (C=O) groups excluding carboxylic acids is 3. The number of aryl methyl sites for hydroxylation is 2. The van der Waals surface area contributed by atoms with Crippen molar-refractivity contribution in [2.24, 2.45) is 11.8 Å². The van der Waals surface area contributed by atoms with Gasteiger partial charge in [0.05, 0.1) is 22.3 Å². The highest BCUT2D eigenvalue weighted by Crippen LogP contribution is 2.28. The lowest BCUT2D eigenvalue weighted by molar-refractivity contribution is -0.128. The Morgan fingerprint density at radius 3 is 2.50 bits per heavy atom. The molecule has 0 bridgehead atoms. The molecule has 1 aliphatic rings. The molecule has 1 fully saturated rings. The Morgan fingerprint density at radius 2 is 1.91 bits per heavy atom. The van der Waals surface area contributed by atoms with Crippen LogP contribution >= 0.6 is 11.6 Å². The van der Waals surface area contributed by atoms with Crippen molar-refractivity contribution < 1.29 is 14.4 Å². The van der Waals surface area contributed by atoms with Crippen LogP contribution in [0.15, 0.2) is 24.3 Å². The molecule has 2 heterocycles.